The molecule has 4 heterocycles. The first-order valence-corrected chi connectivity index (χ1v) is 38.3. The van der Waals surface area contributed by atoms with Crippen molar-refractivity contribution in [2.75, 3.05) is 19.6 Å². The molecule has 19 rings (SSSR count). The van der Waals surface area contributed by atoms with Crippen LogP contribution in [-0.2, 0) is 10.8 Å². The van der Waals surface area contributed by atoms with Crippen molar-refractivity contribution in [1.82, 2.24) is 0 Å². The summed E-state index contributed by atoms with van der Waals surface area (Å²) in [4.78, 5) is 12.9. The molecule has 13 aromatic rings. The third kappa shape index (κ3) is 11.3. The predicted molar refractivity (Wildman–Crippen MR) is 450 cm³/mol. The molecule has 510 valence electrons. The van der Waals surface area contributed by atoms with E-state index in [0.29, 0.717) is 0 Å². The summed E-state index contributed by atoms with van der Waals surface area (Å²) >= 11 is 1.94. The first-order chi connectivity index (χ1) is 51.9. The molecule has 0 spiro atoms. The van der Waals surface area contributed by atoms with Crippen LogP contribution in [0.5, 0.6) is 5.75 Å². The van der Waals surface area contributed by atoms with Crippen LogP contribution in [0.25, 0.3) is 44.5 Å². The van der Waals surface area contributed by atoms with Crippen LogP contribution in [0.1, 0.15) is 59.1 Å². The van der Waals surface area contributed by atoms with Gasteiger partial charge in [-0.25, -0.2) is 0 Å². The molecule has 106 heavy (non-hydrogen) atoms. The Morgan fingerprint density at radius 2 is 0.962 bits per heavy atom. The number of anilines is 9. The van der Waals surface area contributed by atoms with E-state index in [9.17, 15) is 0 Å². The molecule has 0 N–H and O–H groups in total. The molecule has 0 amide bonds. The van der Waals surface area contributed by atoms with E-state index in [1.165, 1.54) is 87.5 Å². The molecule has 0 radical (unpaired) electrons. The maximum Gasteiger partial charge on any atom is 0.249 e. The van der Waals surface area contributed by atoms with Gasteiger partial charge in [0, 0.05) is 77.8 Å². The molecule has 6 aliphatic rings. The summed E-state index contributed by atoms with van der Waals surface area (Å²) in [6, 6.07) is 116. The fraction of sp³-hybridized carbons (Fsp3) is 0.122. The largest absolute Gasteiger partial charge is 0.463 e. The van der Waals surface area contributed by atoms with Gasteiger partial charge in [0.2, 0.25) is 13.4 Å². The number of benzene rings is 13. The Morgan fingerprint density at radius 3 is 1.60 bits per heavy atom. The van der Waals surface area contributed by atoms with E-state index in [0.717, 1.165) is 80.0 Å². The Balaban J connectivity index is 0.897. The minimum Gasteiger partial charge on any atom is -0.463 e. The Morgan fingerprint density at radius 1 is 0.415 bits per heavy atom. The van der Waals surface area contributed by atoms with Crippen LogP contribution in [0.4, 0.5) is 51.2 Å². The minimum absolute atomic E-state index is 0.0388. The van der Waals surface area contributed by atoms with E-state index in [-0.39, 0.29) is 42.2 Å². The fourth-order valence-electron chi connectivity index (χ4n) is 17.5. The molecule has 0 saturated carbocycles. The molecule has 13 aromatic carbocycles. The molecule has 2 aliphatic carbocycles. The van der Waals surface area contributed by atoms with Gasteiger partial charge in [-0.3, -0.25) is 0 Å². The van der Waals surface area contributed by atoms with Gasteiger partial charge in [-0.1, -0.05) is 325 Å². The maximum absolute atomic E-state index is 7.58. The molecule has 0 saturated heterocycles. The summed E-state index contributed by atoms with van der Waals surface area (Å²) in [6.07, 6.45) is 15.0. The smallest absolute Gasteiger partial charge is 0.249 e. The number of rotatable bonds is 12. The molecule has 4 aliphatic heterocycles. The molecular formula is C98H80B2N4OS. The zero-order valence-corrected chi connectivity index (χ0v) is 61.4. The van der Waals surface area contributed by atoms with Crippen LogP contribution in [0, 0.1) is 0 Å². The van der Waals surface area contributed by atoms with E-state index in [1.807, 2.05) is 11.8 Å². The quantitative estimate of drug-likeness (QED) is 0.113. The lowest BCUT2D eigenvalue weighted by molar-refractivity contribution is 0.385. The normalized spacial score (nSPS) is 16.5. The van der Waals surface area contributed by atoms with Crippen LogP contribution in [0.15, 0.2) is 367 Å². The monoisotopic (exact) mass is 1380 g/mol. The fourth-order valence-corrected chi connectivity index (χ4v) is 18.8. The third-order valence-corrected chi connectivity index (χ3v) is 23.7. The molecular weight excluding hydrogens is 1300 g/mol. The first-order valence-electron chi connectivity index (χ1n) is 37.5. The van der Waals surface area contributed by atoms with Gasteiger partial charge in [0.05, 0.1) is 23.5 Å². The number of hydrogen-bond donors (Lipinski definition) is 0. The molecule has 0 fully saturated rings. The summed E-state index contributed by atoms with van der Waals surface area (Å²) in [7, 11) is 0. The van der Waals surface area contributed by atoms with Gasteiger partial charge in [0.15, 0.2) is 0 Å². The zero-order valence-electron chi connectivity index (χ0n) is 60.6. The molecule has 5 nitrogen and oxygen atoms in total. The highest BCUT2D eigenvalue weighted by molar-refractivity contribution is 8.00. The predicted octanol–water partition coefficient (Wildman–Crippen LogP) is 22.2. The van der Waals surface area contributed by atoms with Gasteiger partial charge in [-0.2, -0.15) is 0 Å². The summed E-state index contributed by atoms with van der Waals surface area (Å²) in [5, 5.41) is 0. The lowest BCUT2D eigenvalue weighted by Gasteiger charge is -2.51. The van der Waals surface area contributed by atoms with Gasteiger partial charge in [-0.05, 0) is 158 Å². The van der Waals surface area contributed by atoms with Crippen molar-refractivity contribution in [2.45, 2.75) is 86.5 Å². The van der Waals surface area contributed by atoms with E-state index in [4.69, 9.17) is 4.74 Å². The molecule has 8 heteroatoms. The van der Waals surface area contributed by atoms with Crippen molar-refractivity contribution < 1.29 is 4.74 Å². The van der Waals surface area contributed by atoms with E-state index < -0.39 is 0 Å². The van der Waals surface area contributed by atoms with Crippen molar-refractivity contribution >= 4 is 104 Å². The van der Waals surface area contributed by atoms with Gasteiger partial charge < -0.3 is 24.3 Å². The molecule has 3 unspecified atom stereocenters. The first kappa shape index (κ1) is 65.1. The highest BCUT2D eigenvalue weighted by Crippen LogP contribution is 2.55. The van der Waals surface area contributed by atoms with Crippen LogP contribution in [0.3, 0.4) is 0 Å². The number of hydrogen-bond acceptors (Lipinski definition) is 6. The standard InChI is InChI=1S/C98H80B2N4OS/c1-97(2,3)70-53-47-68(48-54-70)79-40-28-41-80(69-49-55-71(56-50-69)98(4,5)6)96(79)104-87-64-92-84(63-83(87)100-82-43-24-27-46-90(82)105-91-61-76(59-88(104)94(91)100)101(72-33-16-9-17-34-72)73-35-18-10-19-36-73)99-81-42-23-26-45-86(81)103(74-37-20-11-21-38-74)89-60-77(62-93(106-92)95(89)99)102(75-57-51-66(52-58-75)65-29-12-7-13-30-65)85-44-25-22-39-78(85)67-31-14-8-15-32-67/h7-37,39-64,74,88,94H,38H2,1-6H3. The van der Waals surface area contributed by atoms with Crippen LogP contribution >= 0.6 is 11.8 Å². The lowest BCUT2D eigenvalue weighted by atomic mass is 9.28. The Hall–Kier alpha value is -11.7. The highest BCUT2D eigenvalue weighted by atomic mass is 32.2. The Bertz CT molecular complexity index is 5570. The second kappa shape index (κ2) is 26.2. The number of allylic oxidation sites excluding steroid dienone is 3. The third-order valence-electron chi connectivity index (χ3n) is 22.6. The van der Waals surface area contributed by atoms with Crippen molar-refractivity contribution in [3.8, 4) is 50.3 Å². The second-order valence-electron chi connectivity index (χ2n) is 31.0. The second-order valence-corrected chi connectivity index (χ2v) is 32.1. The van der Waals surface area contributed by atoms with Crippen molar-refractivity contribution in [3.63, 3.8) is 0 Å². The van der Waals surface area contributed by atoms with Crippen LogP contribution in [0.2, 0.25) is 5.82 Å². The zero-order chi connectivity index (χ0) is 71.4. The van der Waals surface area contributed by atoms with Gasteiger partial charge >= 0.3 is 0 Å². The van der Waals surface area contributed by atoms with Crippen molar-refractivity contribution in [2.24, 2.45) is 0 Å². The van der Waals surface area contributed by atoms with Crippen LogP contribution < -0.4 is 51.7 Å². The summed E-state index contributed by atoms with van der Waals surface area (Å²) in [5.74, 6) is 1.70. The van der Waals surface area contributed by atoms with Crippen molar-refractivity contribution in [3.05, 3.63) is 368 Å². The molecule has 0 bridgehead atoms. The topological polar surface area (TPSA) is 22.2 Å². The van der Waals surface area contributed by atoms with Crippen LogP contribution in [-0.4, -0.2) is 25.5 Å². The molecule has 0 aromatic heterocycles. The summed E-state index contributed by atoms with van der Waals surface area (Å²) in [5.41, 5.74) is 29.6. The van der Waals surface area contributed by atoms with E-state index >= 15 is 0 Å². The SMILES string of the molecule is CC(C)(C)c1ccc(-c2cccc(-c3ccc(C(C)(C)C)cc3)c2N2c3cc4c(cc3B3c5ccccc5OC5=CC(N(c6ccccc6)c6ccccc6)=CC2C35)B2c3ccccc3N(C3C=CC=CC3)c3cc(N(c5ccc(-c6ccccc6)cc5)c5ccccc5-c5ccccc5)cc(c32)S4)cc1. The maximum atomic E-state index is 7.58. The van der Waals surface area contributed by atoms with Gasteiger partial charge in [-0.15, -0.1) is 0 Å². The number of ether oxygens (including phenoxy) is 1. The summed E-state index contributed by atoms with van der Waals surface area (Å²) < 4.78 is 7.58. The highest BCUT2D eigenvalue weighted by Gasteiger charge is 2.54. The van der Waals surface area contributed by atoms with E-state index in [2.05, 4.69) is 407 Å². The van der Waals surface area contributed by atoms with Gasteiger partial charge in [0.25, 0.3) is 0 Å². The van der Waals surface area contributed by atoms with Crippen molar-refractivity contribution in [1.29, 1.82) is 0 Å². The number of nitrogens with zero attached hydrogens (tertiary/aromatic N) is 4. The molecule has 3 atom stereocenters. The Kier molecular flexibility index (Phi) is 16.1. The minimum atomic E-state index is -0.274. The average Bonchev–Trinajstić information content (AvgIpc) is 0.690. The van der Waals surface area contributed by atoms with E-state index in [1.54, 1.807) is 0 Å². The Labute approximate surface area is 629 Å². The van der Waals surface area contributed by atoms with Gasteiger partial charge in [0.1, 0.15) is 11.5 Å². The summed E-state index contributed by atoms with van der Waals surface area (Å²) in [6.45, 7) is 13.7. The number of para-hydroxylation sites is 6. The lowest BCUT2D eigenvalue weighted by Crippen LogP contribution is -2.65. The number of fused-ring (bicyclic) bond motifs is 8. The average molecular weight is 1380 g/mol.